The number of carbonyl (C=O) groups is 1. The molecule has 18 heavy (non-hydrogen) atoms. The van der Waals surface area contributed by atoms with Gasteiger partial charge in [0.2, 0.25) is 5.91 Å². The molecule has 1 amide bonds. The lowest BCUT2D eigenvalue weighted by molar-refractivity contribution is -0.121. The van der Waals surface area contributed by atoms with Crippen molar-refractivity contribution in [1.82, 2.24) is 5.43 Å². The fourth-order valence-corrected chi connectivity index (χ4v) is 1.54. The molecule has 1 N–H and O–H groups in total. The summed E-state index contributed by atoms with van der Waals surface area (Å²) in [5.74, 6) is 0.691. The van der Waals surface area contributed by atoms with E-state index in [0.29, 0.717) is 6.42 Å². The van der Waals surface area contributed by atoms with Gasteiger partial charge in [-0.3, -0.25) is 4.79 Å². The number of rotatable bonds is 7. The van der Waals surface area contributed by atoms with Gasteiger partial charge in [0.1, 0.15) is 5.75 Å². The molecule has 4 nitrogen and oxygen atoms in total. The van der Waals surface area contributed by atoms with Crippen molar-refractivity contribution < 1.29 is 9.53 Å². The molecule has 98 valence electrons. The van der Waals surface area contributed by atoms with Gasteiger partial charge in [-0.05, 0) is 18.6 Å². The Balaban J connectivity index is 2.42. The molecule has 0 aliphatic rings. The Morgan fingerprint density at radius 2 is 2.17 bits per heavy atom. The molecule has 0 aromatic heterocycles. The summed E-state index contributed by atoms with van der Waals surface area (Å²) < 4.78 is 5.18. The Hall–Kier alpha value is -1.84. The molecule has 0 fully saturated rings. The van der Waals surface area contributed by atoms with E-state index >= 15 is 0 Å². The summed E-state index contributed by atoms with van der Waals surface area (Å²) in [5, 5.41) is 3.92. The highest BCUT2D eigenvalue weighted by atomic mass is 16.5. The van der Waals surface area contributed by atoms with Gasteiger partial charge in [0.15, 0.2) is 0 Å². The molecule has 1 rings (SSSR count). The van der Waals surface area contributed by atoms with Gasteiger partial charge in [-0.15, -0.1) is 0 Å². The van der Waals surface area contributed by atoms with Gasteiger partial charge < -0.3 is 4.74 Å². The maximum absolute atomic E-state index is 11.4. The van der Waals surface area contributed by atoms with E-state index in [1.54, 1.807) is 13.3 Å². The SMILES string of the molecule is CCCCCC(=O)NN=Cc1ccccc1OC. The van der Waals surface area contributed by atoms with Gasteiger partial charge in [0, 0.05) is 12.0 Å². The van der Waals surface area contributed by atoms with Crippen LogP contribution in [0.15, 0.2) is 29.4 Å². The zero-order chi connectivity index (χ0) is 13.2. The van der Waals surface area contributed by atoms with Crippen molar-refractivity contribution in [2.75, 3.05) is 7.11 Å². The molecule has 4 heteroatoms. The minimum atomic E-state index is -0.0467. The normalized spacial score (nSPS) is 10.6. The van der Waals surface area contributed by atoms with Crippen LogP contribution in [0.25, 0.3) is 0 Å². The van der Waals surface area contributed by atoms with E-state index in [9.17, 15) is 4.79 Å². The molecule has 0 atom stereocenters. The van der Waals surface area contributed by atoms with Crippen LogP contribution >= 0.6 is 0 Å². The fourth-order valence-electron chi connectivity index (χ4n) is 1.54. The Morgan fingerprint density at radius 3 is 2.89 bits per heavy atom. The van der Waals surface area contributed by atoms with Crippen molar-refractivity contribution in [2.45, 2.75) is 32.6 Å². The van der Waals surface area contributed by atoms with E-state index in [1.807, 2.05) is 24.3 Å². The second-order valence-corrected chi connectivity index (χ2v) is 3.99. The Labute approximate surface area is 108 Å². The molecule has 0 aliphatic carbocycles. The highest BCUT2D eigenvalue weighted by Gasteiger charge is 1.99. The molecule has 0 bridgehead atoms. The minimum absolute atomic E-state index is 0.0467. The van der Waals surface area contributed by atoms with Crippen LogP contribution in [-0.2, 0) is 4.79 Å². The van der Waals surface area contributed by atoms with Crippen LogP contribution in [0.1, 0.15) is 38.2 Å². The monoisotopic (exact) mass is 248 g/mol. The van der Waals surface area contributed by atoms with Crippen molar-refractivity contribution >= 4 is 12.1 Å². The summed E-state index contributed by atoms with van der Waals surface area (Å²) in [6, 6.07) is 7.52. The summed E-state index contributed by atoms with van der Waals surface area (Å²) in [6.45, 7) is 2.11. The van der Waals surface area contributed by atoms with Crippen molar-refractivity contribution in [3.8, 4) is 5.75 Å². The van der Waals surface area contributed by atoms with Gasteiger partial charge >= 0.3 is 0 Å². The average Bonchev–Trinajstić information content (AvgIpc) is 2.39. The maximum atomic E-state index is 11.4. The molecular formula is C14H20N2O2. The lowest BCUT2D eigenvalue weighted by atomic mass is 10.2. The van der Waals surface area contributed by atoms with Crippen LogP contribution in [0.3, 0.4) is 0 Å². The number of carbonyl (C=O) groups excluding carboxylic acids is 1. The zero-order valence-electron chi connectivity index (χ0n) is 11.0. The number of unbranched alkanes of at least 4 members (excludes halogenated alkanes) is 2. The third-order valence-electron chi connectivity index (χ3n) is 2.54. The third-order valence-corrected chi connectivity index (χ3v) is 2.54. The topological polar surface area (TPSA) is 50.7 Å². The Kier molecular flexibility index (Phi) is 6.54. The highest BCUT2D eigenvalue weighted by molar-refractivity contribution is 5.85. The summed E-state index contributed by atoms with van der Waals surface area (Å²) in [6.07, 6.45) is 5.21. The number of benzene rings is 1. The number of nitrogens with one attached hydrogen (secondary N) is 1. The number of hydrogen-bond donors (Lipinski definition) is 1. The number of amides is 1. The number of hydrazone groups is 1. The van der Waals surface area contributed by atoms with E-state index in [1.165, 1.54) is 0 Å². The van der Waals surface area contributed by atoms with Crippen LogP contribution in [0, 0.1) is 0 Å². The predicted octanol–water partition coefficient (Wildman–Crippen LogP) is 2.73. The number of nitrogens with zero attached hydrogens (tertiary/aromatic N) is 1. The van der Waals surface area contributed by atoms with Crippen LogP contribution in [0.5, 0.6) is 5.75 Å². The first-order chi connectivity index (χ1) is 8.77. The van der Waals surface area contributed by atoms with Crippen molar-refractivity contribution in [1.29, 1.82) is 0 Å². The van der Waals surface area contributed by atoms with Gasteiger partial charge in [-0.1, -0.05) is 31.9 Å². The second kappa shape index (κ2) is 8.28. The summed E-state index contributed by atoms with van der Waals surface area (Å²) in [7, 11) is 1.61. The standard InChI is InChI=1S/C14H20N2O2/c1-3-4-5-10-14(17)16-15-11-12-8-6-7-9-13(12)18-2/h6-9,11H,3-5,10H2,1-2H3,(H,16,17). The lowest BCUT2D eigenvalue weighted by Crippen LogP contribution is -2.16. The van der Waals surface area contributed by atoms with Crippen molar-refractivity contribution in [2.24, 2.45) is 5.10 Å². The van der Waals surface area contributed by atoms with Gasteiger partial charge in [-0.2, -0.15) is 5.10 Å². The quantitative estimate of drug-likeness (QED) is 0.458. The molecule has 0 aliphatic heterocycles. The van der Waals surface area contributed by atoms with Crippen molar-refractivity contribution in [3.05, 3.63) is 29.8 Å². The molecule has 0 heterocycles. The van der Waals surface area contributed by atoms with Gasteiger partial charge in [-0.25, -0.2) is 5.43 Å². The lowest BCUT2D eigenvalue weighted by Gasteiger charge is -2.03. The molecule has 0 saturated carbocycles. The highest BCUT2D eigenvalue weighted by Crippen LogP contribution is 2.14. The number of ether oxygens (including phenoxy) is 1. The molecule has 0 saturated heterocycles. The molecular weight excluding hydrogens is 228 g/mol. The van der Waals surface area contributed by atoms with E-state index < -0.39 is 0 Å². The average molecular weight is 248 g/mol. The number of methoxy groups -OCH3 is 1. The zero-order valence-corrected chi connectivity index (χ0v) is 11.0. The summed E-state index contributed by atoms with van der Waals surface area (Å²) >= 11 is 0. The largest absolute Gasteiger partial charge is 0.496 e. The number of para-hydroxylation sites is 1. The molecule has 0 spiro atoms. The van der Waals surface area contributed by atoms with Crippen LogP contribution in [-0.4, -0.2) is 19.2 Å². The number of hydrogen-bond acceptors (Lipinski definition) is 3. The Morgan fingerprint density at radius 1 is 1.39 bits per heavy atom. The van der Waals surface area contributed by atoms with Crippen LogP contribution in [0.2, 0.25) is 0 Å². The van der Waals surface area contributed by atoms with Crippen LogP contribution < -0.4 is 10.2 Å². The first-order valence-corrected chi connectivity index (χ1v) is 6.22. The molecule has 1 aromatic carbocycles. The third kappa shape index (κ3) is 4.99. The first-order valence-electron chi connectivity index (χ1n) is 6.22. The van der Waals surface area contributed by atoms with Gasteiger partial charge in [0.25, 0.3) is 0 Å². The fraction of sp³-hybridized carbons (Fsp3) is 0.429. The van der Waals surface area contributed by atoms with E-state index in [-0.39, 0.29) is 5.91 Å². The van der Waals surface area contributed by atoms with E-state index in [4.69, 9.17) is 4.74 Å². The first kappa shape index (κ1) is 14.2. The molecule has 1 aromatic rings. The summed E-state index contributed by atoms with van der Waals surface area (Å²) in [5.41, 5.74) is 3.36. The van der Waals surface area contributed by atoms with E-state index in [0.717, 1.165) is 30.6 Å². The molecule has 0 unspecified atom stereocenters. The van der Waals surface area contributed by atoms with E-state index in [2.05, 4.69) is 17.5 Å². The summed E-state index contributed by atoms with van der Waals surface area (Å²) in [4.78, 5) is 11.4. The van der Waals surface area contributed by atoms with Crippen LogP contribution in [0.4, 0.5) is 0 Å². The predicted molar refractivity (Wildman–Crippen MR) is 72.9 cm³/mol. The Bertz CT molecular complexity index is 403. The minimum Gasteiger partial charge on any atom is -0.496 e. The van der Waals surface area contributed by atoms with Gasteiger partial charge in [0.05, 0.1) is 13.3 Å². The smallest absolute Gasteiger partial charge is 0.240 e. The maximum Gasteiger partial charge on any atom is 0.240 e. The molecule has 0 radical (unpaired) electrons. The van der Waals surface area contributed by atoms with Crippen molar-refractivity contribution in [3.63, 3.8) is 0 Å². The second-order valence-electron chi connectivity index (χ2n) is 3.99.